The van der Waals surface area contributed by atoms with Crippen molar-refractivity contribution in [1.29, 1.82) is 0 Å². The summed E-state index contributed by atoms with van der Waals surface area (Å²) >= 11 is 0. The number of likely N-dealkylation sites (tertiary alicyclic amines) is 1. The van der Waals surface area contributed by atoms with Crippen molar-refractivity contribution in [3.05, 3.63) is 30.2 Å². The predicted molar refractivity (Wildman–Crippen MR) is 79.7 cm³/mol. The molecule has 0 unspecified atom stereocenters. The molecule has 1 atom stereocenters. The summed E-state index contributed by atoms with van der Waals surface area (Å²) in [6.45, 7) is 2.20. The predicted octanol–water partition coefficient (Wildman–Crippen LogP) is 1.08. The van der Waals surface area contributed by atoms with Crippen LogP contribution in [0.1, 0.15) is 25.1 Å². The number of rotatable bonds is 4. The van der Waals surface area contributed by atoms with Crippen molar-refractivity contribution >= 4 is 11.6 Å². The highest BCUT2D eigenvalue weighted by Crippen LogP contribution is 2.16. The van der Waals surface area contributed by atoms with Crippen LogP contribution in [0.5, 0.6) is 0 Å². The van der Waals surface area contributed by atoms with Gasteiger partial charge in [0.15, 0.2) is 11.5 Å². The lowest BCUT2D eigenvalue weighted by Crippen LogP contribution is -2.36. The molecular weight excluding hydrogens is 266 g/mol. The van der Waals surface area contributed by atoms with Gasteiger partial charge in [0.25, 0.3) is 0 Å². The van der Waals surface area contributed by atoms with E-state index in [2.05, 4.69) is 15.5 Å². The second kappa shape index (κ2) is 6.22. The molecule has 6 nitrogen and oxygen atoms in total. The van der Waals surface area contributed by atoms with Crippen LogP contribution in [0.15, 0.2) is 24.4 Å². The Balaban J connectivity index is 1.59. The number of carbonyl (C=O) groups is 1. The Morgan fingerprint density at radius 3 is 3.14 bits per heavy atom. The highest BCUT2D eigenvalue weighted by Gasteiger charge is 2.24. The lowest BCUT2D eigenvalue weighted by molar-refractivity contribution is -0.133. The third kappa shape index (κ3) is 3.05. The van der Waals surface area contributed by atoms with Crippen molar-refractivity contribution in [1.82, 2.24) is 24.8 Å². The second-order valence-electron chi connectivity index (χ2n) is 5.63. The minimum Gasteiger partial charge on any atom is -0.345 e. The van der Waals surface area contributed by atoms with Crippen molar-refractivity contribution in [2.24, 2.45) is 5.92 Å². The van der Waals surface area contributed by atoms with Crippen molar-refractivity contribution in [2.45, 2.75) is 25.8 Å². The molecular formula is C15H21N5O. The standard InChI is InChI=1S/C15H21N5O/c1-19-8-4-2-6-12(15(19)21)10-16-11-14-18-17-13-7-3-5-9-20(13)14/h3,5,7,9,12,16H,2,4,6,8,10-11H2,1H3/t12-/m0/s1. The Morgan fingerprint density at radius 2 is 2.24 bits per heavy atom. The van der Waals surface area contributed by atoms with Crippen LogP contribution in [0.2, 0.25) is 0 Å². The van der Waals surface area contributed by atoms with Crippen LogP contribution in [0.4, 0.5) is 0 Å². The first kappa shape index (κ1) is 14.0. The maximum absolute atomic E-state index is 12.2. The molecule has 0 aliphatic carbocycles. The van der Waals surface area contributed by atoms with Gasteiger partial charge in [-0.15, -0.1) is 10.2 Å². The first-order chi connectivity index (χ1) is 10.3. The van der Waals surface area contributed by atoms with E-state index < -0.39 is 0 Å². The molecule has 2 aromatic heterocycles. The molecule has 1 amide bonds. The zero-order chi connectivity index (χ0) is 14.7. The summed E-state index contributed by atoms with van der Waals surface area (Å²) in [7, 11) is 1.90. The number of nitrogens with one attached hydrogen (secondary N) is 1. The zero-order valence-corrected chi connectivity index (χ0v) is 12.3. The van der Waals surface area contributed by atoms with Crippen LogP contribution in [0.25, 0.3) is 5.65 Å². The third-order valence-electron chi connectivity index (χ3n) is 4.08. The second-order valence-corrected chi connectivity index (χ2v) is 5.63. The zero-order valence-electron chi connectivity index (χ0n) is 12.3. The van der Waals surface area contributed by atoms with Crippen molar-refractivity contribution in [3.8, 4) is 0 Å². The average Bonchev–Trinajstić information content (AvgIpc) is 2.84. The number of nitrogens with zero attached hydrogens (tertiary/aromatic N) is 4. The summed E-state index contributed by atoms with van der Waals surface area (Å²) in [5.74, 6) is 1.21. The Bertz CT molecular complexity index is 623. The van der Waals surface area contributed by atoms with Gasteiger partial charge in [-0.25, -0.2) is 0 Å². The largest absolute Gasteiger partial charge is 0.345 e. The molecule has 0 bridgehead atoms. The Labute approximate surface area is 124 Å². The maximum atomic E-state index is 12.2. The molecule has 3 rings (SSSR count). The van der Waals surface area contributed by atoms with Gasteiger partial charge < -0.3 is 10.2 Å². The lowest BCUT2D eigenvalue weighted by atomic mass is 10.0. The maximum Gasteiger partial charge on any atom is 0.226 e. The van der Waals surface area contributed by atoms with E-state index in [1.165, 1.54) is 0 Å². The van der Waals surface area contributed by atoms with E-state index in [9.17, 15) is 4.79 Å². The fraction of sp³-hybridized carbons (Fsp3) is 0.533. The molecule has 0 saturated carbocycles. The van der Waals surface area contributed by atoms with Gasteiger partial charge in [0, 0.05) is 26.3 Å². The van der Waals surface area contributed by atoms with Crippen LogP contribution < -0.4 is 5.32 Å². The fourth-order valence-electron chi connectivity index (χ4n) is 2.84. The molecule has 1 aliphatic heterocycles. The van der Waals surface area contributed by atoms with Crippen LogP contribution >= 0.6 is 0 Å². The first-order valence-electron chi connectivity index (χ1n) is 7.50. The van der Waals surface area contributed by atoms with Gasteiger partial charge in [0.2, 0.25) is 5.91 Å². The Kier molecular flexibility index (Phi) is 4.15. The molecule has 1 saturated heterocycles. The Morgan fingerprint density at radius 1 is 1.33 bits per heavy atom. The van der Waals surface area contributed by atoms with Crippen LogP contribution in [0, 0.1) is 5.92 Å². The molecule has 1 N–H and O–H groups in total. The van der Waals surface area contributed by atoms with Crippen LogP contribution in [0.3, 0.4) is 0 Å². The molecule has 6 heteroatoms. The summed E-state index contributed by atoms with van der Waals surface area (Å²) in [6.07, 6.45) is 5.15. The number of aromatic nitrogens is 3. The quantitative estimate of drug-likeness (QED) is 0.914. The van der Waals surface area contributed by atoms with Gasteiger partial charge in [-0.1, -0.05) is 12.5 Å². The molecule has 112 valence electrons. The van der Waals surface area contributed by atoms with Crippen molar-refractivity contribution in [2.75, 3.05) is 20.1 Å². The normalized spacial score (nSPS) is 20.0. The molecule has 0 spiro atoms. The number of hydrogen-bond acceptors (Lipinski definition) is 4. The van der Waals surface area contributed by atoms with Gasteiger partial charge in [-0.2, -0.15) is 0 Å². The number of amides is 1. The molecule has 3 heterocycles. The van der Waals surface area contributed by atoms with E-state index in [-0.39, 0.29) is 11.8 Å². The first-order valence-corrected chi connectivity index (χ1v) is 7.50. The topological polar surface area (TPSA) is 62.5 Å². The molecule has 1 fully saturated rings. The van der Waals surface area contributed by atoms with E-state index in [1.807, 2.05) is 40.7 Å². The summed E-state index contributed by atoms with van der Waals surface area (Å²) in [4.78, 5) is 14.1. The number of pyridine rings is 1. The lowest BCUT2D eigenvalue weighted by Gasteiger charge is -2.19. The van der Waals surface area contributed by atoms with Gasteiger partial charge in [0.05, 0.1) is 12.5 Å². The van der Waals surface area contributed by atoms with E-state index in [0.29, 0.717) is 13.1 Å². The van der Waals surface area contributed by atoms with E-state index in [0.717, 1.165) is 37.3 Å². The third-order valence-corrected chi connectivity index (χ3v) is 4.08. The minimum absolute atomic E-state index is 0.0803. The van der Waals surface area contributed by atoms with Gasteiger partial charge in [-0.05, 0) is 25.0 Å². The SMILES string of the molecule is CN1CCCC[C@@H](CNCc2nnc3ccccn23)C1=O. The van der Waals surface area contributed by atoms with Gasteiger partial charge >= 0.3 is 0 Å². The average molecular weight is 287 g/mol. The van der Waals surface area contributed by atoms with Crippen LogP contribution in [-0.4, -0.2) is 45.5 Å². The monoisotopic (exact) mass is 287 g/mol. The van der Waals surface area contributed by atoms with Gasteiger partial charge in [0.1, 0.15) is 0 Å². The van der Waals surface area contributed by atoms with E-state index in [1.54, 1.807) is 0 Å². The molecule has 0 radical (unpaired) electrons. The highest BCUT2D eigenvalue weighted by molar-refractivity contribution is 5.79. The molecule has 1 aliphatic rings. The number of hydrogen-bond donors (Lipinski definition) is 1. The smallest absolute Gasteiger partial charge is 0.226 e. The summed E-state index contributed by atoms with van der Waals surface area (Å²) in [5.41, 5.74) is 0.847. The number of fused-ring (bicyclic) bond motifs is 1. The van der Waals surface area contributed by atoms with Crippen molar-refractivity contribution < 1.29 is 4.79 Å². The Hall–Kier alpha value is -1.95. The number of carbonyl (C=O) groups excluding carboxylic acids is 1. The minimum atomic E-state index is 0.0803. The summed E-state index contributed by atoms with van der Waals surface area (Å²) in [6, 6.07) is 5.84. The summed E-state index contributed by atoms with van der Waals surface area (Å²) < 4.78 is 1.97. The highest BCUT2D eigenvalue weighted by atomic mass is 16.2. The molecule has 0 aromatic carbocycles. The molecule has 21 heavy (non-hydrogen) atoms. The van der Waals surface area contributed by atoms with E-state index >= 15 is 0 Å². The van der Waals surface area contributed by atoms with Crippen molar-refractivity contribution in [3.63, 3.8) is 0 Å². The van der Waals surface area contributed by atoms with Crippen LogP contribution in [-0.2, 0) is 11.3 Å². The molecule has 2 aromatic rings. The summed E-state index contributed by atoms with van der Waals surface area (Å²) in [5, 5.41) is 11.7. The van der Waals surface area contributed by atoms with Gasteiger partial charge in [-0.3, -0.25) is 9.20 Å². The fourth-order valence-corrected chi connectivity index (χ4v) is 2.84. The van der Waals surface area contributed by atoms with E-state index in [4.69, 9.17) is 0 Å².